The maximum Gasteiger partial charge on any atom is 0.297 e. The highest BCUT2D eigenvalue weighted by atomic mass is 32.2. The largest absolute Gasteiger partial charge is 0.297 e. The Morgan fingerprint density at radius 1 is 0.677 bits per heavy atom. The summed E-state index contributed by atoms with van der Waals surface area (Å²) in [6.07, 6.45) is 22.7. The number of hydrogen-bond donors (Lipinski definition) is 0. The molecule has 1 aromatic rings. The number of hydrogen-bond acceptors (Lipinski definition) is 3. The molecule has 0 saturated heterocycles. The smallest absolute Gasteiger partial charge is 0.257 e. The first-order valence-electron chi connectivity index (χ1n) is 12.8. The fourth-order valence-electron chi connectivity index (χ4n) is 3.90. The van der Waals surface area contributed by atoms with Crippen molar-refractivity contribution in [2.45, 2.75) is 135 Å². The molecule has 0 atom stereocenters. The Hall–Kier alpha value is -0.870. The van der Waals surface area contributed by atoms with E-state index in [4.69, 9.17) is 4.18 Å². The zero-order chi connectivity index (χ0) is 22.8. The fourth-order valence-corrected chi connectivity index (χ4v) is 4.93. The predicted molar refractivity (Wildman–Crippen MR) is 133 cm³/mol. The van der Waals surface area contributed by atoms with E-state index in [0.29, 0.717) is 12.5 Å². The van der Waals surface area contributed by atoms with Crippen LogP contribution in [0.3, 0.4) is 0 Å². The molecular weight excluding hydrogens is 404 g/mol. The molecule has 0 aliphatic heterocycles. The van der Waals surface area contributed by atoms with Crippen molar-refractivity contribution >= 4 is 10.1 Å². The van der Waals surface area contributed by atoms with E-state index >= 15 is 0 Å². The quantitative estimate of drug-likeness (QED) is 0.147. The summed E-state index contributed by atoms with van der Waals surface area (Å²) < 4.78 is 29.8. The maximum absolute atomic E-state index is 12.3. The molecule has 4 heteroatoms. The van der Waals surface area contributed by atoms with Crippen LogP contribution in [0.25, 0.3) is 0 Å². The Kier molecular flexibility index (Phi) is 16.0. The van der Waals surface area contributed by atoms with E-state index in [-0.39, 0.29) is 4.90 Å². The lowest BCUT2D eigenvalue weighted by molar-refractivity contribution is 0.312. The van der Waals surface area contributed by atoms with E-state index in [9.17, 15) is 8.42 Å². The number of benzene rings is 1. The van der Waals surface area contributed by atoms with Gasteiger partial charge < -0.3 is 0 Å². The lowest BCUT2D eigenvalue weighted by atomic mass is 10.0. The van der Waals surface area contributed by atoms with Crippen LogP contribution in [-0.4, -0.2) is 8.42 Å². The van der Waals surface area contributed by atoms with E-state index < -0.39 is 10.1 Å². The Bertz CT molecular complexity index is 637. The van der Waals surface area contributed by atoms with Gasteiger partial charge in [-0.25, -0.2) is 0 Å². The average molecular weight is 452 g/mol. The lowest BCUT2D eigenvalue weighted by Crippen LogP contribution is -2.10. The van der Waals surface area contributed by atoms with Gasteiger partial charge in [0.2, 0.25) is 0 Å². The van der Waals surface area contributed by atoms with Crippen LogP contribution in [0.2, 0.25) is 0 Å². The van der Waals surface area contributed by atoms with Crippen LogP contribution < -0.4 is 0 Å². The van der Waals surface area contributed by atoms with Crippen molar-refractivity contribution in [3.63, 3.8) is 0 Å². The summed E-state index contributed by atoms with van der Waals surface area (Å²) in [4.78, 5) is 0.226. The van der Waals surface area contributed by atoms with Crippen molar-refractivity contribution in [2.24, 2.45) is 0 Å². The predicted octanol–water partition coefficient (Wildman–Crippen LogP) is 8.90. The summed E-state index contributed by atoms with van der Waals surface area (Å²) in [6, 6.07) is 6.79. The monoisotopic (exact) mass is 451 g/mol. The van der Waals surface area contributed by atoms with Gasteiger partial charge in [0.05, 0.1) is 4.90 Å². The van der Waals surface area contributed by atoms with E-state index in [1.54, 1.807) is 31.2 Å². The van der Waals surface area contributed by atoms with Crippen molar-refractivity contribution in [3.8, 4) is 0 Å². The molecule has 1 aromatic carbocycles. The second-order valence-electron chi connectivity index (χ2n) is 9.11. The summed E-state index contributed by atoms with van der Waals surface area (Å²) in [5.41, 5.74) is 1.04. The molecule has 0 unspecified atom stereocenters. The Labute approximate surface area is 193 Å². The van der Waals surface area contributed by atoms with Gasteiger partial charge in [0.15, 0.2) is 0 Å². The van der Waals surface area contributed by atoms with Crippen LogP contribution in [-0.2, 0) is 14.3 Å². The third kappa shape index (κ3) is 14.7. The second-order valence-corrected chi connectivity index (χ2v) is 10.7. The van der Waals surface area contributed by atoms with E-state index in [1.165, 1.54) is 89.9 Å². The van der Waals surface area contributed by atoms with Crippen LogP contribution in [0.4, 0.5) is 0 Å². The number of aryl methyl sites for hydroxylation is 1. The van der Waals surface area contributed by atoms with Gasteiger partial charge in [0.1, 0.15) is 6.10 Å². The third-order valence-electron chi connectivity index (χ3n) is 5.94. The SMILES string of the molecule is CCCCCCCCCCCCCCCCCC[C](C)OS(=O)(=O)c1ccc(C)cc1. The normalized spacial score (nSPS) is 12.0. The van der Waals surface area contributed by atoms with E-state index in [2.05, 4.69) is 6.92 Å². The van der Waals surface area contributed by atoms with E-state index in [0.717, 1.165) is 18.4 Å². The highest BCUT2D eigenvalue weighted by Crippen LogP contribution is 2.22. The minimum Gasteiger partial charge on any atom is -0.257 e. The topological polar surface area (TPSA) is 43.4 Å². The molecule has 0 aromatic heterocycles. The minimum absolute atomic E-state index is 0.226. The van der Waals surface area contributed by atoms with Gasteiger partial charge in [0.25, 0.3) is 10.1 Å². The maximum atomic E-state index is 12.3. The Balaban J connectivity index is 1.92. The number of unbranched alkanes of at least 4 members (excludes halogenated alkanes) is 15. The molecular formula is C27H47O3S. The van der Waals surface area contributed by atoms with Crippen LogP contribution >= 0.6 is 0 Å². The van der Waals surface area contributed by atoms with Crippen LogP contribution in [0.15, 0.2) is 29.2 Å². The van der Waals surface area contributed by atoms with E-state index in [1.807, 2.05) is 6.92 Å². The fraction of sp³-hybridized carbons (Fsp3) is 0.741. The molecule has 1 rings (SSSR count). The summed E-state index contributed by atoms with van der Waals surface area (Å²) in [6.45, 7) is 5.99. The summed E-state index contributed by atoms with van der Waals surface area (Å²) >= 11 is 0. The van der Waals surface area contributed by atoms with Gasteiger partial charge in [-0.2, -0.15) is 8.42 Å². The minimum atomic E-state index is -3.69. The van der Waals surface area contributed by atoms with Crippen molar-refractivity contribution < 1.29 is 12.6 Å². The zero-order valence-electron chi connectivity index (χ0n) is 20.5. The highest BCUT2D eigenvalue weighted by molar-refractivity contribution is 7.86. The molecule has 0 aliphatic carbocycles. The van der Waals surface area contributed by atoms with Gasteiger partial charge in [-0.05, 0) is 32.4 Å². The molecule has 3 nitrogen and oxygen atoms in total. The van der Waals surface area contributed by atoms with Gasteiger partial charge >= 0.3 is 0 Å². The highest BCUT2D eigenvalue weighted by Gasteiger charge is 2.19. The third-order valence-corrected chi connectivity index (χ3v) is 7.30. The summed E-state index contributed by atoms with van der Waals surface area (Å²) in [7, 11) is -3.69. The average Bonchev–Trinajstić information content (AvgIpc) is 2.73. The summed E-state index contributed by atoms with van der Waals surface area (Å²) in [5.74, 6) is 0. The second kappa shape index (κ2) is 17.7. The van der Waals surface area contributed by atoms with Crippen LogP contribution in [0.5, 0.6) is 0 Å². The molecule has 0 spiro atoms. The van der Waals surface area contributed by atoms with Crippen molar-refractivity contribution in [1.82, 2.24) is 0 Å². The lowest BCUT2D eigenvalue weighted by Gasteiger charge is -2.12. The van der Waals surface area contributed by atoms with Crippen LogP contribution in [0.1, 0.15) is 129 Å². The van der Waals surface area contributed by atoms with Gasteiger partial charge in [-0.1, -0.05) is 127 Å². The number of rotatable bonds is 20. The van der Waals surface area contributed by atoms with Crippen molar-refractivity contribution in [3.05, 3.63) is 35.9 Å². The molecule has 0 aliphatic rings. The first kappa shape index (κ1) is 28.2. The molecule has 31 heavy (non-hydrogen) atoms. The molecule has 0 heterocycles. The van der Waals surface area contributed by atoms with Gasteiger partial charge in [0, 0.05) is 0 Å². The first-order chi connectivity index (χ1) is 15.0. The van der Waals surface area contributed by atoms with Gasteiger partial charge in [-0.3, -0.25) is 4.18 Å². The first-order valence-corrected chi connectivity index (χ1v) is 14.2. The zero-order valence-corrected chi connectivity index (χ0v) is 21.3. The summed E-state index contributed by atoms with van der Waals surface area (Å²) in [5, 5.41) is 0. The molecule has 0 N–H and O–H groups in total. The molecule has 1 radical (unpaired) electrons. The standard InChI is InChI=1S/C27H47O3S/c1-4-5-6-7-8-9-10-11-12-13-14-15-16-17-18-19-20-26(3)30-31(28,29)27-23-21-25(2)22-24-27/h21-24H,4-20H2,1-3H3. The van der Waals surface area contributed by atoms with Crippen molar-refractivity contribution in [1.29, 1.82) is 0 Å². The Morgan fingerprint density at radius 3 is 1.48 bits per heavy atom. The molecule has 0 amide bonds. The van der Waals surface area contributed by atoms with Crippen LogP contribution in [0, 0.1) is 13.0 Å². The Morgan fingerprint density at radius 2 is 1.06 bits per heavy atom. The molecule has 0 saturated carbocycles. The molecule has 0 fully saturated rings. The molecule has 179 valence electrons. The van der Waals surface area contributed by atoms with Crippen molar-refractivity contribution in [2.75, 3.05) is 0 Å². The molecule has 0 bridgehead atoms. The van der Waals surface area contributed by atoms with Gasteiger partial charge in [-0.15, -0.1) is 0 Å².